The number of aliphatic hydroxyl groups is 2. The molecule has 0 aliphatic carbocycles. The number of hydrogen-bond donors (Lipinski definition) is 6. The molecule has 0 bridgehead atoms. The number of carbonyl (C=O) groups is 4. The van der Waals surface area contributed by atoms with E-state index in [1.807, 2.05) is 0 Å². The lowest BCUT2D eigenvalue weighted by molar-refractivity contribution is -0.138. The molecule has 10 nitrogen and oxygen atoms in total. The van der Waals surface area contributed by atoms with E-state index >= 15 is 0 Å². The van der Waals surface area contributed by atoms with Crippen LogP contribution < -0.4 is 0 Å². The molecule has 0 radical (unpaired) electrons. The van der Waals surface area contributed by atoms with Gasteiger partial charge in [-0.25, -0.2) is 0 Å². The van der Waals surface area contributed by atoms with Crippen LogP contribution in [0.5, 0.6) is 0 Å². The Labute approximate surface area is 523 Å². The van der Waals surface area contributed by atoms with Crippen LogP contribution in [0.1, 0.15) is 439 Å². The number of aliphatic carboxylic acids is 4. The van der Waals surface area contributed by atoms with Crippen LogP contribution >= 0.6 is 0 Å². The van der Waals surface area contributed by atoms with Gasteiger partial charge in [-0.15, -0.1) is 0 Å². The van der Waals surface area contributed by atoms with Crippen LogP contribution in [0.15, 0.2) is 0 Å². The van der Waals surface area contributed by atoms with Crippen LogP contribution in [-0.4, -0.2) is 67.7 Å². The molecule has 0 saturated heterocycles. The predicted octanol–water partition coefficient (Wildman–Crippen LogP) is 24.3. The smallest absolute Gasteiger partial charge is 0.303 e. The third-order valence-electron chi connectivity index (χ3n) is 16.1. The van der Waals surface area contributed by atoms with E-state index in [0.29, 0.717) is 25.7 Å². The molecule has 0 atom stereocenters. The van der Waals surface area contributed by atoms with E-state index in [2.05, 4.69) is 27.7 Å². The van der Waals surface area contributed by atoms with Crippen LogP contribution in [0.4, 0.5) is 0 Å². The first-order chi connectivity index (χ1) is 41.0. The first-order valence-electron chi connectivity index (χ1n) is 37.1. The molecule has 10 heteroatoms. The largest absolute Gasteiger partial charge is 0.481 e. The summed E-state index contributed by atoms with van der Waals surface area (Å²) in [7, 11) is 0. The maximum Gasteiger partial charge on any atom is 0.303 e. The summed E-state index contributed by atoms with van der Waals surface area (Å²) in [6.07, 6.45) is 80.8. The van der Waals surface area contributed by atoms with E-state index in [1.54, 1.807) is 0 Å². The molecule has 0 heterocycles. The van der Waals surface area contributed by atoms with Crippen molar-refractivity contribution in [1.29, 1.82) is 0 Å². The molecular weight excluding hydrogens is 1050 g/mol. The monoisotopic (exact) mass is 1200 g/mol. The van der Waals surface area contributed by atoms with Gasteiger partial charge in [0.05, 0.1) is 13.2 Å². The fourth-order valence-corrected chi connectivity index (χ4v) is 10.6. The minimum Gasteiger partial charge on any atom is -0.481 e. The second-order valence-electron chi connectivity index (χ2n) is 24.8. The Morgan fingerprint density at radius 1 is 0.167 bits per heavy atom. The van der Waals surface area contributed by atoms with E-state index in [1.165, 1.54) is 334 Å². The second-order valence-corrected chi connectivity index (χ2v) is 24.8. The Kier molecular flexibility index (Phi) is 96.5. The Hall–Kier alpha value is -2.20. The molecular formula is C74H150O10. The number of hydrogen-bond acceptors (Lipinski definition) is 6. The van der Waals surface area contributed by atoms with Crippen molar-refractivity contribution in [2.24, 2.45) is 0 Å². The van der Waals surface area contributed by atoms with Crippen LogP contribution in [0.25, 0.3) is 0 Å². The van der Waals surface area contributed by atoms with E-state index in [4.69, 9.17) is 30.6 Å². The summed E-state index contributed by atoms with van der Waals surface area (Å²) in [5.74, 6) is -2.61. The van der Waals surface area contributed by atoms with Crippen LogP contribution in [0.2, 0.25) is 0 Å². The first kappa shape index (κ1) is 90.5. The lowest BCUT2D eigenvalue weighted by Crippen LogP contribution is -1.93. The van der Waals surface area contributed by atoms with Crippen LogP contribution in [0.3, 0.4) is 0 Å². The van der Waals surface area contributed by atoms with Gasteiger partial charge in [-0.2, -0.15) is 0 Å². The van der Waals surface area contributed by atoms with Gasteiger partial charge < -0.3 is 30.6 Å². The number of unbranched alkanes of at least 4 members (excludes halogenated alkanes) is 56. The van der Waals surface area contributed by atoms with E-state index in [-0.39, 0.29) is 13.2 Å². The minimum atomic E-state index is -0.653. The molecule has 0 aromatic carbocycles. The molecule has 0 saturated carbocycles. The standard InChI is InChI=1S/4C18H36O2.C2H6O2/c4*1-2-3-4-5-6-7-8-9-10-11-12-13-14-15-16-17-18(19)20;3-1-2-4/h4*2-17H2,1H3,(H,19,20);3-4H,1-2H2. The summed E-state index contributed by atoms with van der Waals surface area (Å²) in [4.78, 5) is 41.3. The van der Waals surface area contributed by atoms with Gasteiger partial charge in [0.15, 0.2) is 0 Å². The van der Waals surface area contributed by atoms with Crippen molar-refractivity contribution in [3.8, 4) is 0 Å². The van der Waals surface area contributed by atoms with E-state index in [0.717, 1.165) is 51.4 Å². The van der Waals surface area contributed by atoms with Crippen molar-refractivity contribution in [3.63, 3.8) is 0 Å². The fourth-order valence-electron chi connectivity index (χ4n) is 10.6. The maximum atomic E-state index is 10.3. The Morgan fingerprint density at radius 3 is 0.321 bits per heavy atom. The Morgan fingerprint density at radius 2 is 0.250 bits per heavy atom. The van der Waals surface area contributed by atoms with Gasteiger partial charge in [0.25, 0.3) is 0 Å². The average molecular weight is 1200 g/mol. The van der Waals surface area contributed by atoms with Gasteiger partial charge in [-0.3, -0.25) is 19.2 Å². The summed E-state index contributed by atoms with van der Waals surface area (Å²) in [6, 6.07) is 0. The van der Waals surface area contributed by atoms with Gasteiger partial charge in [0.1, 0.15) is 0 Å². The summed E-state index contributed by atoms with van der Waals surface area (Å²) in [5.41, 5.74) is 0. The topological polar surface area (TPSA) is 190 Å². The predicted molar refractivity (Wildman–Crippen MR) is 363 cm³/mol. The zero-order valence-electron chi connectivity index (χ0n) is 57.0. The third kappa shape index (κ3) is 111. The van der Waals surface area contributed by atoms with Gasteiger partial charge in [0.2, 0.25) is 0 Å². The number of aliphatic hydroxyl groups excluding tert-OH is 2. The molecule has 0 spiro atoms. The highest BCUT2D eigenvalue weighted by molar-refractivity contribution is 5.67. The Balaban J connectivity index is -0.000000323. The number of carboxylic acids is 4. The van der Waals surface area contributed by atoms with Gasteiger partial charge in [-0.1, -0.05) is 387 Å². The zero-order chi connectivity index (χ0) is 63.0. The quantitative estimate of drug-likeness (QED) is 0.0320. The summed E-state index contributed by atoms with van der Waals surface area (Å²) in [6.45, 7) is 8.83. The summed E-state index contributed by atoms with van der Waals surface area (Å²) in [5, 5.41) is 49.3. The van der Waals surface area contributed by atoms with E-state index < -0.39 is 23.9 Å². The molecule has 0 unspecified atom stereocenters. The van der Waals surface area contributed by atoms with Crippen LogP contribution in [0, 0.1) is 0 Å². The molecule has 0 amide bonds. The van der Waals surface area contributed by atoms with Crippen molar-refractivity contribution in [2.45, 2.75) is 439 Å². The summed E-state index contributed by atoms with van der Waals surface area (Å²) < 4.78 is 0. The normalized spacial score (nSPS) is 10.7. The molecule has 0 aromatic heterocycles. The maximum absolute atomic E-state index is 10.3. The van der Waals surface area contributed by atoms with Crippen molar-refractivity contribution in [3.05, 3.63) is 0 Å². The third-order valence-corrected chi connectivity index (χ3v) is 16.1. The van der Waals surface area contributed by atoms with Crippen molar-refractivity contribution < 1.29 is 49.8 Å². The zero-order valence-corrected chi connectivity index (χ0v) is 57.0. The average Bonchev–Trinajstić information content (AvgIpc) is 3.47. The highest BCUT2D eigenvalue weighted by Crippen LogP contribution is 2.18. The highest BCUT2D eigenvalue weighted by atomic mass is 16.4. The molecule has 84 heavy (non-hydrogen) atoms. The van der Waals surface area contributed by atoms with E-state index in [9.17, 15) is 19.2 Å². The van der Waals surface area contributed by atoms with Crippen molar-refractivity contribution >= 4 is 23.9 Å². The van der Waals surface area contributed by atoms with Crippen LogP contribution in [-0.2, 0) is 19.2 Å². The van der Waals surface area contributed by atoms with Gasteiger partial charge >= 0.3 is 23.9 Å². The first-order valence-corrected chi connectivity index (χ1v) is 37.1. The SMILES string of the molecule is CCCCCCCCCCCCCCCCCC(=O)O.CCCCCCCCCCCCCCCCCC(=O)O.CCCCCCCCCCCCCCCCCC(=O)O.CCCCCCCCCCCCCCCCCC(=O)O.OCCO. The minimum absolute atomic E-state index is 0.125. The lowest BCUT2D eigenvalue weighted by atomic mass is 10.0. The molecule has 0 aliphatic heterocycles. The van der Waals surface area contributed by atoms with Gasteiger partial charge in [0, 0.05) is 25.7 Å². The summed E-state index contributed by atoms with van der Waals surface area (Å²) >= 11 is 0. The number of rotatable bonds is 65. The molecule has 0 fully saturated rings. The van der Waals surface area contributed by atoms with Gasteiger partial charge in [-0.05, 0) is 25.7 Å². The molecule has 0 rings (SSSR count). The molecule has 0 aromatic rings. The molecule has 6 N–H and O–H groups in total. The lowest BCUT2D eigenvalue weighted by Gasteiger charge is -2.03. The molecule has 506 valence electrons. The van der Waals surface area contributed by atoms with Crippen molar-refractivity contribution in [2.75, 3.05) is 13.2 Å². The highest BCUT2D eigenvalue weighted by Gasteiger charge is 2.02. The number of carboxylic acid groups (broad SMARTS) is 4. The second kappa shape index (κ2) is 89.6. The molecule has 0 aliphatic rings. The fraction of sp³-hybridized carbons (Fsp3) is 0.946. The Bertz CT molecular complexity index is 1020. The van der Waals surface area contributed by atoms with Crippen molar-refractivity contribution in [1.82, 2.24) is 0 Å².